The Labute approximate surface area is 146 Å². The molecular formula is C17H22N4O4. The topological polar surface area (TPSA) is 91.8 Å². The highest BCUT2D eigenvalue weighted by Gasteiger charge is 2.55. The maximum atomic E-state index is 12.8. The second kappa shape index (κ2) is 6.70. The van der Waals surface area contributed by atoms with Gasteiger partial charge >= 0.3 is 6.03 Å². The number of amides is 4. The zero-order valence-corrected chi connectivity index (χ0v) is 14.4. The predicted octanol–water partition coefficient (Wildman–Crippen LogP) is 1.63. The van der Waals surface area contributed by atoms with Crippen molar-refractivity contribution < 1.29 is 19.1 Å². The van der Waals surface area contributed by atoms with Crippen LogP contribution in [0.1, 0.15) is 32.1 Å². The molecule has 0 unspecified atom stereocenters. The molecule has 8 nitrogen and oxygen atoms in total. The quantitative estimate of drug-likeness (QED) is 0.837. The molecule has 2 fully saturated rings. The molecule has 1 aromatic heterocycles. The average Bonchev–Trinajstić information content (AvgIpc) is 2.79. The molecule has 0 radical (unpaired) electrons. The molecule has 1 saturated carbocycles. The number of pyridine rings is 1. The van der Waals surface area contributed by atoms with Gasteiger partial charge in [-0.1, -0.05) is 19.3 Å². The third-order valence-electron chi connectivity index (χ3n) is 5.01. The first-order chi connectivity index (χ1) is 12.0. The number of likely N-dealkylation sites (N-methyl/N-ethyl adjacent to an activating group) is 1. The van der Waals surface area contributed by atoms with E-state index in [1.54, 1.807) is 19.2 Å². The van der Waals surface area contributed by atoms with E-state index in [0.717, 1.165) is 24.2 Å². The van der Waals surface area contributed by atoms with Crippen molar-refractivity contribution in [2.75, 3.05) is 26.0 Å². The Hall–Kier alpha value is -2.64. The van der Waals surface area contributed by atoms with Crippen LogP contribution in [0.5, 0.6) is 5.88 Å². The van der Waals surface area contributed by atoms with Crippen LogP contribution >= 0.6 is 0 Å². The summed E-state index contributed by atoms with van der Waals surface area (Å²) in [6.07, 6.45) is 5.69. The largest absolute Gasteiger partial charge is 0.481 e. The Morgan fingerprint density at radius 1 is 1.28 bits per heavy atom. The van der Waals surface area contributed by atoms with Crippen LogP contribution in [0, 0.1) is 0 Å². The molecule has 1 spiro atoms. The van der Waals surface area contributed by atoms with Gasteiger partial charge in [-0.3, -0.25) is 14.5 Å². The van der Waals surface area contributed by atoms with Crippen molar-refractivity contribution in [2.45, 2.75) is 37.6 Å². The Balaban J connectivity index is 1.68. The fraction of sp³-hybridized carbons (Fsp3) is 0.529. The lowest BCUT2D eigenvalue weighted by atomic mass is 9.81. The van der Waals surface area contributed by atoms with Gasteiger partial charge in [0.25, 0.3) is 5.91 Å². The van der Waals surface area contributed by atoms with Crippen molar-refractivity contribution in [3.8, 4) is 5.88 Å². The molecule has 4 amide bonds. The molecule has 1 N–H and O–H groups in total. The number of aromatic nitrogens is 1. The number of methoxy groups -OCH3 is 1. The third-order valence-corrected chi connectivity index (χ3v) is 5.01. The van der Waals surface area contributed by atoms with E-state index in [0.29, 0.717) is 24.4 Å². The Bertz CT molecular complexity index is 682. The highest BCUT2D eigenvalue weighted by molar-refractivity contribution is 6.10. The van der Waals surface area contributed by atoms with Crippen molar-refractivity contribution in [1.29, 1.82) is 0 Å². The second-order valence-corrected chi connectivity index (χ2v) is 6.46. The average molecular weight is 346 g/mol. The van der Waals surface area contributed by atoms with Crippen molar-refractivity contribution in [1.82, 2.24) is 14.8 Å². The van der Waals surface area contributed by atoms with Crippen LogP contribution in [-0.2, 0) is 9.59 Å². The summed E-state index contributed by atoms with van der Waals surface area (Å²) < 4.78 is 4.96. The number of hydrogen-bond donors (Lipinski definition) is 1. The van der Waals surface area contributed by atoms with Crippen molar-refractivity contribution in [3.05, 3.63) is 18.3 Å². The number of nitrogens with zero attached hydrogens (tertiary/aromatic N) is 3. The minimum Gasteiger partial charge on any atom is -0.481 e. The number of hydrogen-bond acceptors (Lipinski definition) is 5. The highest BCUT2D eigenvalue weighted by Crippen LogP contribution is 2.39. The first-order valence-corrected chi connectivity index (χ1v) is 8.37. The summed E-state index contributed by atoms with van der Waals surface area (Å²) in [5.74, 6) is -0.263. The van der Waals surface area contributed by atoms with Gasteiger partial charge in [0.15, 0.2) is 0 Å². The van der Waals surface area contributed by atoms with E-state index in [1.807, 2.05) is 0 Å². The van der Waals surface area contributed by atoms with Gasteiger partial charge < -0.3 is 15.0 Å². The first kappa shape index (κ1) is 17.2. The van der Waals surface area contributed by atoms with E-state index >= 15 is 0 Å². The number of carbonyl (C=O) groups excluding carboxylic acids is 3. The third kappa shape index (κ3) is 3.04. The molecule has 3 rings (SSSR count). The number of rotatable bonds is 4. The van der Waals surface area contributed by atoms with Gasteiger partial charge in [-0.15, -0.1) is 0 Å². The molecular weight excluding hydrogens is 324 g/mol. The fourth-order valence-electron chi connectivity index (χ4n) is 3.59. The molecule has 2 heterocycles. The summed E-state index contributed by atoms with van der Waals surface area (Å²) in [6.45, 7) is -0.296. The lowest BCUT2D eigenvalue weighted by Gasteiger charge is -2.35. The highest BCUT2D eigenvalue weighted by atomic mass is 16.5. The number of nitrogens with one attached hydrogen (secondary N) is 1. The molecule has 1 saturated heterocycles. The summed E-state index contributed by atoms with van der Waals surface area (Å²) in [6, 6.07) is 2.86. The summed E-state index contributed by atoms with van der Waals surface area (Å²) in [5, 5.41) is 2.65. The van der Waals surface area contributed by atoms with Gasteiger partial charge in [0.05, 0.1) is 19.0 Å². The molecule has 0 bridgehead atoms. The van der Waals surface area contributed by atoms with Crippen LogP contribution in [-0.4, -0.2) is 58.9 Å². The van der Waals surface area contributed by atoms with E-state index in [4.69, 9.17) is 4.74 Å². The minimum atomic E-state index is -0.767. The van der Waals surface area contributed by atoms with E-state index < -0.39 is 17.5 Å². The zero-order chi connectivity index (χ0) is 18.0. The molecule has 1 aliphatic heterocycles. The van der Waals surface area contributed by atoms with Crippen LogP contribution < -0.4 is 10.1 Å². The summed E-state index contributed by atoms with van der Waals surface area (Å²) in [5.41, 5.74) is -0.289. The SMILES string of the molecule is COc1ccc(NC(=O)CN2C(=O)N(C)C3(CCCCC3)C2=O)cn1. The van der Waals surface area contributed by atoms with E-state index in [2.05, 4.69) is 10.3 Å². The molecule has 25 heavy (non-hydrogen) atoms. The summed E-state index contributed by atoms with van der Waals surface area (Å²) in [4.78, 5) is 44.1. The van der Waals surface area contributed by atoms with Crippen molar-refractivity contribution in [3.63, 3.8) is 0 Å². The lowest BCUT2D eigenvalue weighted by molar-refractivity contribution is -0.136. The summed E-state index contributed by atoms with van der Waals surface area (Å²) in [7, 11) is 3.15. The van der Waals surface area contributed by atoms with Gasteiger partial charge in [-0.05, 0) is 18.9 Å². The fourth-order valence-corrected chi connectivity index (χ4v) is 3.59. The van der Waals surface area contributed by atoms with Gasteiger partial charge in [0.2, 0.25) is 11.8 Å². The van der Waals surface area contributed by atoms with Crippen molar-refractivity contribution in [2.24, 2.45) is 0 Å². The predicted molar refractivity (Wildman–Crippen MR) is 90.1 cm³/mol. The summed E-state index contributed by atoms with van der Waals surface area (Å²) >= 11 is 0. The monoisotopic (exact) mass is 346 g/mol. The van der Waals surface area contributed by atoms with Crippen LogP contribution in [0.4, 0.5) is 10.5 Å². The van der Waals surface area contributed by atoms with Gasteiger partial charge in [0.1, 0.15) is 12.1 Å². The molecule has 1 aromatic rings. The molecule has 2 aliphatic rings. The number of carbonyl (C=O) groups is 3. The molecule has 0 atom stereocenters. The standard InChI is InChI=1S/C17H22N4O4/c1-20-16(24)21(15(23)17(20)8-4-3-5-9-17)11-13(22)19-12-6-7-14(25-2)18-10-12/h6-7,10H,3-5,8-9,11H2,1-2H3,(H,19,22). The van der Waals surface area contributed by atoms with Crippen LogP contribution in [0.15, 0.2) is 18.3 Å². The molecule has 1 aliphatic carbocycles. The van der Waals surface area contributed by atoms with E-state index in [9.17, 15) is 14.4 Å². The van der Waals surface area contributed by atoms with Gasteiger partial charge in [0, 0.05) is 13.1 Å². The van der Waals surface area contributed by atoms with Gasteiger partial charge in [-0.25, -0.2) is 9.78 Å². The maximum Gasteiger partial charge on any atom is 0.327 e. The van der Waals surface area contributed by atoms with E-state index in [1.165, 1.54) is 18.2 Å². The van der Waals surface area contributed by atoms with Crippen molar-refractivity contribution >= 4 is 23.5 Å². The molecule has 134 valence electrons. The number of urea groups is 1. The lowest BCUT2D eigenvalue weighted by Crippen LogP contribution is -2.49. The first-order valence-electron chi connectivity index (χ1n) is 8.37. The molecule has 8 heteroatoms. The minimum absolute atomic E-state index is 0.261. The maximum absolute atomic E-state index is 12.8. The molecule has 0 aromatic carbocycles. The van der Waals surface area contributed by atoms with Crippen LogP contribution in [0.2, 0.25) is 0 Å². The number of ether oxygens (including phenoxy) is 1. The van der Waals surface area contributed by atoms with Gasteiger partial charge in [-0.2, -0.15) is 0 Å². The van der Waals surface area contributed by atoms with Crippen LogP contribution in [0.3, 0.4) is 0 Å². The Morgan fingerprint density at radius 3 is 2.60 bits per heavy atom. The zero-order valence-electron chi connectivity index (χ0n) is 14.4. The number of imide groups is 1. The second-order valence-electron chi connectivity index (χ2n) is 6.46. The smallest absolute Gasteiger partial charge is 0.327 e. The van der Waals surface area contributed by atoms with E-state index in [-0.39, 0.29) is 12.5 Å². The van der Waals surface area contributed by atoms with Crippen LogP contribution in [0.25, 0.3) is 0 Å². The number of anilines is 1. The normalized spacial score (nSPS) is 19.4. The Morgan fingerprint density at radius 2 is 2.00 bits per heavy atom. The Kier molecular flexibility index (Phi) is 4.61.